The van der Waals surface area contributed by atoms with Gasteiger partial charge in [-0.15, -0.1) is 0 Å². The molecular weight excluding hydrogens is 400 g/mol. The van der Waals surface area contributed by atoms with Gasteiger partial charge in [0.2, 0.25) is 0 Å². The van der Waals surface area contributed by atoms with Gasteiger partial charge in [-0.1, -0.05) is 12.1 Å². The predicted octanol–water partition coefficient (Wildman–Crippen LogP) is 5.31. The second kappa shape index (κ2) is 7.92. The molecule has 1 heterocycles. The van der Waals surface area contributed by atoms with Gasteiger partial charge in [-0.3, -0.25) is 4.98 Å². The number of aromatic nitrogens is 1. The molecule has 0 saturated carbocycles. The topological polar surface area (TPSA) is 54.0 Å². The van der Waals surface area contributed by atoms with E-state index in [0.29, 0.717) is 0 Å². The van der Waals surface area contributed by atoms with Crippen molar-refractivity contribution in [2.24, 2.45) is 0 Å². The third-order valence-electron chi connectivity index (χ3n) is 3.75. The van der Waals surface area contributed by atoms with Crippen LogP contribution in [0.1, 0.15) is 49.2 Å². The van der Waals surface area contributed by atoms with Crippen molar-refractivity contribution in [2.45, 2.75) is 44.7 Å². The summed E-state index contributed by atoms with van der Waals surface area (Å²) in [5.41, 5.74) is -3.25. The molecule has 0 spiro atoms. The van der Waals surface area contributed by atoms with E-state index in [4.69, 9.17) is 0 Å². The highest BCUT2D eigenvalue weighted by Gasteiger charge is 2.37. The summed E-state index contributed by atoms with van der Waals surface area (Å²) in [6, 6.07) is 3.18. The van der Waals surface area contributed by atoms with Gasteiger partial charge in [0.1, 0.15) is 0 Å². The number of benzene rings is 1. The molecule has 0 saturated heterocycles. The lowest BCUT2D eigenvalue weighted by Crippen LogP contribution is -2.47. The fourth-order valence-corrected chi connectivity index (χ4v) is 2.57. The minimum Gasteiger partial charge on any atom is -0.334 e. The van der Waals surface area contributed by atoms with Gasteiger partial charge >= 0.3 is 18.4 Å². The molecule has 1 aromatic carbocycles. The molecule has 0 fully saturated rings. The van der Waals surface area contributed by atoms with E-state index >= 15 is 0 Å². The minimum atomic E-state index is -4.77. The van der Waals surface area contributed by atoms with Crippen molar-refractivity contribution in [1.29, 1.82) is 0 Å². The molecule has 0 bridgehead atoms. The first-order valence-electron chi connectivity index (χ1n) is 8.46. The Morgan fingerprint density at radius 2 is 1.52 bits per heavy atom. The van der Waals surface area contributed by atoms with E-state index in [1.54, 1.807) is 20.8 Å². The van der Waals surface area contributed by atoms with E-state index in [1.807, 2.05) is 0 Å². The molecule has 0 aliphatic carbocycles. The van der Waals surface area contributed by atoms with Crippen LogP contribution >= 0.6 is 0 Å². The zero-order chi connectivity index (χ0) is 22.0. The smallest absolute Gasteiger partial charge is 0.334 e. The van der Waals surface area contributed by atoms with Crippen LogP contribution in [0.3, 0.4) is 0 Å². The van der Waals surface area contributed by atoms with Gasteiger partial charge in [0.15, 0.2) is 0 Å². The molecule has 1 atom stereocenters. The molecule has 2 aromatic rings. The lowest BCUT2D eigenvalue weighted by Gasteiger charge is -2.26. The van der Waals surface area contributed by atoms with E-state index in [9.17, 15) is 31.1 Å². The number of alkyl halides is 6. The van der Waals surface area contributed by atoms with Gasteiger partial charge in [0, 0.05) is 11.7 Å². The van der Waals surface area contributed by atoms with Gasteiger partial charge < -0.3 is 10.6 Å². The molecule has 0 aliphatic rings. The van der Waals surface area contributed by atoms with Crippen LogP contribution in [0.5, 0.6) is 0 Å². The second-order valence-corrected chi connectivity index (χ2v) is 7.34. The summed E-state index contributed by atoms with van der Waals surface area (Å²) < 4.78 is 78.8. The van der Waals surface area contributed by atoms with Crippen molar-refractivity contribution in [2.75, 3.05) is 0 Å². The highest BCUT2D eigenvalue weighted by atomic mass is 19.4. The number of amides is 2. The van der Waals surface area contributed by atoms with E-state index in [-0.39, 0.29) is 5.56 Å². The molecule has 2 rings (SSSR count). The number of hydrogen-bond acceptors (Lipinski definition) is 2. The molecule has 29 heavy (non-hydrogen) atoms. The zero-order valence-electron chi connectivity index (χ0n) is 15.7. The average molecular weight is 419 g/mol. The summed E-state index contributed by atoms with van der Waals surface area (Å²) in [7, 11) is 0. The second-order valence-electron chi connectivity index (χ2n) is 7.34. The van der Waals surface area contributed by atoms with Crippen LogP contribution in [0.25, 0.3) is 0 Å². The summed E-state index contributed by atoms with van der Waals surface area (Å²) in [4.78, 5) is 16.0. The molecule has 0 unspecified atom stereocenters. The van der Waals surface area contributed by atoms with Gasteiger partial charge in [-0.25, -0.2) is 4.79 Å². The van der Waals surface area contributed by atoms with Crippen LogP contribution in [-0.4, -0.2) is 16.6 Å². The van der Waals surface area contributed by atoms with E-state index < -0.39 is 46.8 Å². The average Bonchev–Trinajstić information content (AvgIpc) is 2.57. The van der Waals surface area contributed by atoms with Gasteiger partial charge in [-0.05, 0) is 50.6 Å². The molecule has 1 aromatic heterocycles. The standard InChI is InChI=1S/C19H19F6N3O/c1-17(2,3)28-16(29)27-14(11-6-8-12(9-7-11)18(20,21)22)15-13(19(23,24)25)5-4-10-26-15/h4-10,14H,1-3H3,(H2,27,28,29)/t14-/m0/s1. The Bertz CT molecular complexity index is 854. The number of pyridine rings is 1. The molecule has 10 heteroatoms. The van der Waals surface area contributed by atoms with Crippen molar-refractivity contribution in [3.8, 4) is 0 Å². The number of carbonyl (C=O) groups is 1. The maximum atomic E-state index is 13.4. The number of nitrogens with one attached hydrogen (secondary N) is 2. The normalized spacial score (nSPS) is 13.7. The highest BCUT2D eigenvalue weighted by molar-refractivity contribution is 5.75. The fourth-order valence-electron chi connectivity index (χ4n) is 2.57. The number of carbonyl (C=O) groups excluding carboxylic acids is 1. The van der Waals surface area contributed by atoms with Gasteiger partial charge in [0.05, 0.1) is 22.9 Å². The lowest BCUT2D eigenvalue weighted by molar-refractivity contribution is -0.139. The van der Waals surface area contributed by atoms with Gasteiger partial charge in [-0.2, -0.15) is 26.3 Å². The first-order valence-corrected chi connectivity index (χ1v) is 8.46. The molecule has 0 aliphatic heterocycles. The summed E-state index contributed by atoms with van der Waals surface area (Å²) in [6.45, 7) is 5.00. The Labute approximate surface area is 163 Å². The largest absolute Gasteiger partial charge is 0.418 e. The van der Waals surface area contributed by atoms with Crippen LogP contribution in [0, 0.1) is 0 Å². The Morgan fingerprint density at radius 1 is 0.931 bits per heavy atom. The van der Waals surface area contributed by atoms with Crippen molar-refractivity contribution >= 4 is 6.03 Å². The maximum absolute atomic E-state index is 13.4. The molecule has 2 N–H and O–H groups in total. The van der Waals surface area contributed by atoms with Crippen LogP contribution in [0.15, 0.2) is 42.6 Å². The highest BCUT2D eigenvalue weighted by Crippen LogP contribution is 2.36. The first kappa shape index (κ1) is 22.5. The molecule has 158 valence electrons. The molecule has 4 nitrogen and oxygen atoms in total. The van der Waals surface area contributed by atoms with Crippen LogP contribution < -0.4 is 10.6 Å². The number of halogens is 6. The summed E-state index contributed by atoms with van der Waals surface area (Å²) in [5.74, 6) is 0. The quantitative estimate of drug-likeness (QED) is 0.663. The predicted molar refractivity (Wildman–Crippen MR) is 93.9 cm³/mol. The third kappa shape index (κ3) is 6.10. The van der Waals surface area contributed by atoms with Crippen LogP contribution in [-0.2, 0) is 12.4 Å². The number of urea groups is 1. The summed E-state index contributed by atoms with van der Waals surface area (Å²) in [5, 5.41) is 4.93. The summed E-state index contributed by atoms with van der Waals surface area (Å²) >= 11 is 0. The van der Waals surface area contributed by atoms with Crippen LogP contribution in [0.2, 0.25) is 0 Å². The molecular formula is C19H19F6N3O. The zero-order valence-corrected chi connectivity index (χ0v) is 15.7. The van der Waals surface area contributed by atoms with E-state index in [1.165, 1.54) is 0 Å². The Kier molecular flexibility index (Phi) is 6.15. The van der Waals surface area contributed by atoms with Crippen LogP contribution in [0.4, 0.5) is 31.1 Å². The number of nitrogens with zero attached hydrogens (tertiary/aromatic N) is 1. The number of hydrogen-bond donors (Lipinski definition) is 2. The third-order valence-corrected chi connectivity index (χ3v) is 3.75. The molecule has 2 amide bonds. The summed E-state index contributed by atoms with van der Waals surface area (Å²) in [6.07, 6.45) is -8.26. The molecule has 0 radical (unpaired) electrons. The first-order chi connectivity index (χ1) is 13.2. The number of rotatable bonds is 3. The van der Waals surface area contributed by atoms with Crippen molar-refractivity contribution in [3.05, 3.63) is 65.0 Å². The Balaban J connectivity index is 2.52. The maximum Gasteiger partial charge on any atom is 0.418 e. The Morgan fingerprint density at radius 3 is 2.00 bits per heavy atom. The van der Waals surface area contributed by atoms with Crippen molar-refractivity contribution in [3.63, 3.8) is 0 Å². The van der Waals surface area contributed by atoms with E-state index in [2.05, 4.69) is 15.6 Å². The lowest BCUT2D eigenvalue weighted by atomic mass is 9.97. The minimum absolute atomic E-state index is 0.0197. The monoisotopic (exact) mass is 419 g/mol. The van der Waals surface area contributed by atoms with Gasteiger partial charge in [0.25, 0.3) is 0 Å². The van der Waals surface area contributed by atoms with E-state index in [0.717, 1.165) is 42.6 Å². The fraction of sp³-hybridized carbons (Fsp3) is 0.368. The van der Waals surface area contributed by atoms with Crippen molar-refractivity contribution < 1.29 is 31.1 Å². The Hall–Kier alpha value is -2.78. The van der Waals surface area contributed by atoms with Crippen molar-refractivity contribution in [1.82, 2.24) is 15.6 Å². The SMILES string of the molecule is CC(C)(C)NC(=O)N[C@@H](c1ccc(C(F)(F)F)cc1)c1ncccc1C(F)(F)F.